The number of nitrogens with zero attached hydrogens (tertiary/aromatic N) is 2. The van der Waals surface area contributed by atoms with Gasteiger partial charge in [-0.15, -0.1) is 0 Å². The van der Waals surface area contributed by atoms with Crippen LogP contribution in [-0.2, 0) is 0 Å². The lowest BCUT2D eigenvalue weighted by Crippen LogP contribution is -2.12. The van der Waals surface area contributed by atoms with Gasteiger partial charge in [-0.3, -0.25) is 0 Å². The first-order valence-corrected chi connectivity index (χ1v) is 21.5. The highest BCUT2D eigenvalue weighted by molar-refractivity contribution is 6.13. The highest BCUT2D eigenvalue weighted by atomic mass is 16.3. The molecule has 0 saturated carbocycles. The monoisotopic (exact) mass is 804 g/mol. The summed E-state index contributed by atoms with van der Waals surface area (Å²) in [5, 5.41) is 4.62. The van der Waals surface area contributed by atoms with E-state index in [1.807, 2.05) is 6.07 Å². The van der Waals surface area contributed by atoms with Gasteiger partial charge >= 0.3 is 0 Å². The molecule has 2 heterocycles. The standard InChI is InChI=1S/C60H40N2O/c1-4-18-41(19-5-1)42-34-36-45(37-35-42)61(56-32-17-27-47(43-20-6-2-7-21-43)59(56)44-22-8-3-9-23-44)46-38-39-50-48-24-10-13-30-54(48)62(57(50)40-46)55-31-14-11-25-49(55)52-28-16-29-53-51-26-12-15-33-58(51)63-60(52)53/h1-40H. The van der Waals surface area contributed by atoms with Crippen molar-refractivity contribution in [3.8, 4) is 50.2 Å². The highest BCUT2D eigenvalue weighted by Crippen LogP contribution is 2.48. The quantitative estimate of drug-likeness (QED) is 0.153. The molecule has 0 N–H and O–H groups in total. The molecule has 3 heteroatoms. The lowest BCUT2D eigenvalue weighted by atomic mass is 9.92. The van der Waals surface area contributed by atoms with Gasteiger partial charge in [-0.25, -0.2) is 0 Å². The van der Waals surface area contributed by atoms with Crippen molar-refractivity contribution < 1.29 is 4.42 Å². The van der Waals surface area contributed by atoms with Gasteiger partial charge in [0.25, 0.3) is 0 Å². The molecule has 0 atom stereocenters. The number of fused-ring (bicyclic) bond motifs is 6. The first kappa shape index (κ1) is 36.5. The number of anilines is 3. The fraction of sp³-hybridized carbons (Fsp3) is 0. The second kappa shape index (κ2) is 15.3. The Balaban J connectivity index is 1.12. The Bertz CT molecular complexity index is 3600. The Hall–Kier alpha value is -8.40. The average molecular weight is 805 g/mol. The summed E-state index contributed by atoms with van der Waals surface area (Å²) in [6.07, 6.45) is 0. The first-order chi connectivity index (χ1) is 31.3. The van der Waals surface area contributed by atoms with Crippen molar-refractivity contribution in [1.29, 1.82) is 0 Å². The van der Waals surface area contributed by atoms with Crippen LogP contribution in [-0.4, -0.2) is 4.57 Å². The largest absolute Gasteiger partial charge is 0.455 e. The summed E-state index contributed by atoms with van der Waals surface area (Å²) >= 11 is 0. The highest BCUT2D eigenvalue weighted by Gasteiger charge is 2.24. The minimum atomic E-state index is 0.891. The summed E-state index contributed by atoms with van der Waals surface area (Å²) in [7, 11) is 0. The Labute approximate surface area is 366 Å². The lowest BCUT2D eigenvalue weighted by molar-refractivity contribution is 0.670. The zero-order chi connectivity index (χ0) is 41.7. The number of furan rings is 1. The molecule has 12 aromatic rings. The van der Waals surface area contributed by atoms with E-state index in [0.717, 1.165) is 72.4 Å². The van der Waals surface area contributed by atoms with E-state index in [-0.39, 0.29) is 0 Å². The Morgan fingerprint density at radius 2 is 0.889 bits per heavy atom. The summed E-state index contributed by atoms with van der Waals surface area (Å²) in [5.41, 5.74) is 17.5. The van der Waals surface area contributed by atoms with Crippen LogP contribution in [0.25, 0.3) is 93.9 Å². The number of hydrogen-bond acceptors (Lipinski definition) is 2. The average Bonchev–Trinajstić information content (AvgIpc) is 3.91. The van der Waals surface area contributed by atoms with Gasteiger partial charge in [-0.2, -0.15) is 0 Å². The molecule has 0 saturated heterocycles. The second-order valence-electron chi connectivity index (χ2n) is 16.0. The van der Waals surface area contributed by atoms with Gasteiger partial charge in [0.1, 0.15) is 11.2 Å². The molecule has 0 fully saturated rings. The van der Waals surface area contributed by atoms with Gasteiger partial charge in [-0.05, 0) is 76.3 Å². The van der Waals surface area contributed by atoms with E-state index in [9.17, 15) is 0 Å². The summed E-state index contributed by atoms with van der Waals surface area (Å²) in [6, 6.07) is 87.2. The van der Waals surface area contributed by atoms with Crippen LogP contribution in [0.4, 0.5) is 17.1 Å². The maximum atomic E-state index is 6.64. The normalized spacial score (nSPS) is 11.5. The van der Waals surface area contributed by atoms with Crippen molar-refractivity contribution in [2.75, 3.05) is 4.90 Å². The molecule has 0 aliphatic carbocycles. The zero-order valence-electron chi connectivity index (χ0n) is 34.4. The predicted octanol–water partition coefficient (Wildman–Crippen LogP) is 16.8. The molecular formula is C60H40N2O. The van der Waals surface area contributed by atoms with Gasteiger partial charge in [0.15, 0.2) is 0 Å². The Morgan fingerprint density at radius 3 is 1.68 bits per heavy atom. The minimum absolute atomic E-state index is 0.891. The van der Waals surface area contributed by atoms with Crippen LogP contribution in [0.1, 0.15) is 0 Å². The fourth-order valence-corrected chi connectivity index (χ4v) is 9.57. The molecule has 12 rings (SSSR count). The SMILES string of the molecule is c1ccc(-c2ccc(N(c3ccc4c5ccccc5n(-c5ccccc5-c5cccc6c5oc5ccccc56)c4c3)c3cccc(-c4ccccc4)c3-c3ccccc3)cc2)cc1. The van der Waals surface area contributed by atoms with Crippen molar-refractivity contribution >= 4 is 60.8 Å². The Kier molecular flexibility index (Phi) is 8.83. The first-order valence-electron chi connectivity index (χ1n) is 21.5. The molecule has 0 amide bonds. The maximum Gasteiger partial charge on any atom is 0.143 e. The summed E-state index contributed by atoms with van der Waals surface area (Å²) in [4.78, 5) is 2.44. The topological polar surface area (TPSA) is 21.3 Å². The smallest absolute Gasteiger partial charge is 0.143 e. The molecule has 0 spiro atoms. The van der Waals surface area contributed by atoms with E-state index in [4.69, 9.17) is 4.42 Å². The van der Waals surface area contributed by atoms with Crippen molar-refractivity contribution in [1.82, 2.24) is 4.57 Å². The summed E-state index contributed by atoms with van der Waals surface area (Å²) < 4.78 is 9.09. The number of rotatable bonds is 8. The van der Waals surface area contributed by atoms with Crippen LogP contribution in [0, 0.1) is 0 Å². The third kappa shape index (κ3) is 6.21. The number of para-hydroxylation sites is 4. The Morgan fingerprint density at radius 1 is 0.333 bits per heavy atom. The molecule has 2 aromatic heterocycles. The van der Waals surface area contributed by atoms with Gasteiger partial charge in [0.2, 0.25) is 0 Å². The molecule has 0 aliphatic heterocycles. The van der Waals surface area contributed by atoms with Crippen LogP contribution in [0.5, 0.6) is 0 Å². The lowest BCUT2D eigenvalue weighted by Gasteiger charge is -2.29. The van der Waals surface area contributed by atoms with Gasteiger partial charge in [0, 0.05) is 49.6 Å². The molecular weight excluding hydrogens is 765 g/mol. The summed E-state index contributed by atoms with van der Waals surface area (Å²) in [6.45, 7) is 0. The van der Waals surface area contributed by atoms with Crippen molar-refractivity contribution in [2.24, 2.45) is 0 Å². The van der Waals surface area contributed by atoms with Crippen LogP contribution in [0.2, 0.25) is 0 Å². The molecule has 0 bridgehead atoms. The van der Waals surface area contributed by atoms with Crippen LogP contribution >= 0.6 is 0 Å². The minimum Gasteiger partial charge on any atom is -0.455 e. The molecule has 0 unspecified atom stereocenters. The van der Waals surface area contributed by atoms with Gasteiger partial charge in [-0.1, -0.05) is 194 Å². The van der Waals surface area contributed by atoms with E-state index in [0.29, 0.717) is 0 Å². The van der Waals surface area contributed by atoms with Crippen LogP contribution < -0.4 is 4.90 Å². The summed E-state index contributed by atoms with van der Waals surface area (Å²) in [5.74, 6) is 0. The third-order valence-electron chi connectivity index (χ3n) is 12.4. The van der Waals surface area contributed by atoms with Crippen molar-refractivity contribution in [3.05, 3.63) is 243 Å². The maximum absolute atomic E-state index is 6.64. The molecule has 10 aromatic carbocycles. The fourth-order valence-electron chi connectivity index (χ4n) is 9.57. The van der Waals surface area contributed by atoms with E-state index in [1.54, 1.807) is 0 Å². The van der Waals surface area contributed by atoms with Crippen LogP contribution in [0.15, 0.2) is 247 Å². The predicted molar refractivity (Wildman–Crippen MR) is 264 cm³/mol. The third-order valence-corrected chi connectivity index (χ3v) is 12.4. The van der Waals surface area contributed by atoms with E-state index in [1.165, 1.54) is 38.6 Å². The van der Waals surface area contributed by atoms with E-state index < -0.39 is 0 Å². The van der Waals surface area contributed by atoms with E-state index >= 15 is 0 Å². The molecule has 63 heavy (non-hydrogen) atoms. The van der Waals surface area contributed by atoms with E-state index in [2.05, 4.69) is 246 Å². The zero-order valence-corrected chi connectivity index (χ0v) is 34.4. The van der Waals surface area contributed by atoms with Crippen molar-refractivity contribution in [3.63, 3.8) is 0 Å². The molecule has 296 valence electrons. The second-order valence-corrected chi connectivity index (χ2v) is 16.0. The molecule has 3 nitrogen and oxygen atoms in total. The van der Waals surface area contributed by atoms with Gasteiger partial charge < -0.3 is 13.9 Å². The molecule has 0 radical (unpaired) electrons. The number of aromatic nitrogens is 1. The number of benzene rings is 10. The number of hydrogen-bond donors (Lipinski definition) is 0. The van der Waals surface area contributed by atoms with Gasteiger partial charge in [0.05, 0.1) is 22.4 Å². The van der Waals surface area contributed by atoms with Crippen LogP contribution in [0.3, 0.4) is 0 Å². The molecule has 0 aliphatic rings. The van der Waals surface area contributed by atoms with Crippen molar-refractivity contribution in [2.45, 2.75) is 0 Å².